The number of ether oxygens (including phenoxy) is 2. The first-order valence-electron chi connectivity index (χ1n) is 20.3. The highest BCUT2D eigenvalue weighted by Gasteiger charge is 2.66. The molecule has 4 bridgehead atoms. The molecule has 50 heavy (non-hydrogen) atoms. The summed E-state index contributed by atoms with van der Waals surface area (Å²) >= 11 is 0. The zero-order valence-corrected chi connectivity index (χ0v) is 30.2. The molecule has 0 radical (unpaired) electrons. The van der Waals surface area contributed by atoms with Crippen molar-refractivity contribution in [2.24, 2.45) is 11.8 Å². The molecule has 10 nitrogen and oxygen atoms in total. The lowest BCUT2D eigenvalue weighted by Gasteiger charge is -2.46. The first-order chi connectivity index (χ1) is 24.3. The minimum atomic E-state index is -0.515. The Labute approximate surface area is 296 Å². The molecule has 3 aliphatic carbocycles. The lowest BCUT2D eigenvalue weighted by Crippen LogP contribution is -2.58. The van der Waals surface area contributed by atoms with Crippen molar-refractivity contribution >= 4 is 23.8 Å². The molecule has 2 spiro atoms. The third-order valence-corrected chi connectivity index (χ3v) is 14.7. The summed E-state index contributed by atoms with van der Waals surface area (Å²) in [5.74, 6) is -0.850. The molecular formula is C40H56N4O6. The van der Waals surface area contributed by atoms with E-state index < -0.39 is 11.2 Å². The van der Waals surface area contributed by atoms with Gasteiger partial charge < -0.3 is 19.3 Å². The summed E-state index contributed by atoms with van der Waals surface area (Å²) in [5, 5.41) is 0. The molecule has 7 fully saturated rings. The number of esters is 2. The Balaban J connectivity index is 1.01. The molecule has 0 unspecified atom stereocenters. The molecule has 10 atom stereocenters. The third-order valence-electron chi connectivity index (χ3n) is 14.7. The van der Waals surface area contributed by atoms with Gasteiger partial charge in [-0.25, -0.2) is 9.59 Å². The molecule has 0 aromatic rings. The van der Waals surface area contributed by atoms with Crippen LogP contribution in [0.1, 0.15) is 117 Å². The molecule has 3 saturated carbocycles. The highest BCUT2D eigenvalue weighted by molar-refractivity contribution is 5.90. The van der Waals surface area contributed by atoms with Crippen molar-refractivity contribution in [1.82, 2.24) is 19.6 Å². The Hall–Kier alpha value is -2.72. The van der Waals surface area contributed by atoms with Gasteiger partial charge in [0.2, 0.25) is 11.8 Å². The molecule has 9 rings (SSSR count). The molecule has 10 heteroatoms. The van der Waals surface area contributed by atoms with Crippen molar-refractivity contribution in [3.63, 3.8) is 0 Å². The molecule has 272 valence electrons. The predicted molar refractivity (Wildman–Crippen MR) is 186 cm³/mol. The van der Waals surface area contributed by atoms with Crippen LogP contribution in [-0.4, -0.2) is 117 Å². The van der Waals surface area contributed by atoms with Crippen LogP contribution in [0, 0.1) is 11.8 Å². The van der Waals surface area contributed by atoms with Crippen LogP contribution in [0.25, 0.3) is 0 Å². The molecular weight excluding hydrogens is 632 g/mol. The van der Waals surface area contributed by atoms with Gasteiger partial charge in [-0.2, -0.15) is 0 Å². The van der Waals surface area contributed by atoms with Crippen LogP contribution in [0.2, 0.25) is 0 Å². The number of carbonyl (C=O) groups excluding carboxylic acids is 4. The molecule has 9 aliphatic rings. The van der Waals surface area contributed by atoms with E-state index in [0.29, 0.717) is 25.9 Å². The zero-order chi connectivity index (χ0) is 34.4. The van der Waals surface area contributed by atoms with E-state index in [1.165, 1.54) is 0 Å². The van der Waals surface area contributed by atoms with Crippen molar-refractivity contribution in [3.05, 3.63) is 23.3 Å². The number of carbonyl (C=O) groups is 4. The normalized spacial score (nSPS) is 41.6. The molecule has 0 N–H and O–H groups in total. The smallest absolute Gasteiger partial charge is 0.331 e. The number of fused-ring (bicyclic) bond motifs is 6. The number of hydrogen-bond acceptors (Lipinski definition) is 8. The number of amides is 2. The molecule has 6 aliphatic heterocycles. The van der Waals surface area contributed by atoms with Gasteiger partial charge in [-0.1, -0.05) is 39.5 Å². The van der Waals surface area contributed by atoms with Gasteiger partial charge in [0.1, 0.15) is 0 Å². The third kappa shape index (κ3) is 4.78. The first kappa shape index (κ1) is 33.1. The maximum absolute atomic E-state index is 15.1. The lowest BCUT2D eigenvalue weighted by molar-refractivity contribution is -0.153. The number of rotatable bonds is 8. The van der Waals surface area contributed by atoms with Crippen LogP contribution >= 0.6 is 0 Å². The largest absolute Gasteiger partial charge is 0.450 e. The van der Waals surface area contributed by atoms with Gasteiger partial charge in [-0.05, 0) is 88.4 Å². The number of piperidine rings is 2. The Bertz CT molecular complexity index is 1400. The van der Waals surface area contributed by atoms with E-state index in [4.69, 9.17) is 9.47 Å². The molecule has 2 amide bonds. The van der Waals surface area contributed by atoms with Crippen LogP contribution in [0.3, 0.4) is 0 Å². The fourth-order valence-corrected chi connectivity index (χ4v) is 12.9. The second-order valence-electron chi connectivity index (χ2n) is 17.1. The van der Waals surface area contributed by atoms with Crippen molar-refractivity contribution < 1.29 is 28.7 Å². The summed E-state index contributed by atoms with van der Waals surface area (Å²) < 4.78 is 12.3. The van der Waals surface area contributed by atoms with Crippen molar-refractivity contribution in [2.75, 3.05) is 26.2 Å². The van der Waals surface area contributed by atoms with Gasteiger partial charge in [-0.3, -0.25) is 19.4 Å². The Morgan fingerprint density at radius 2 is 1.10 bits per heavy atom. The summed E-state index contributed by atoms with van der Waals surface area (Å²) in [6, 6.07) is 0.706. The van der Waals surface area contributed by atoms with Gasteiger partial charge in [0.05, 0.1) is 24.2 Å². The standard InChI is InChI=1S/C40H56N4O6/c1-3-15-43(29-19-25-21-35(45)49-39(25)23-31(29)41-17-9-7-13-33(39)41)37(47)27-11-5-6-12-28(27)38(48)44(16-4-2)30-20-26-22-36(46)50-40(26)24-32(30)42-18-10-8-14-34(40)42/h21-22,27-34H,3-20,23-24H2,1-2H3/t27-,28+,29+,30-,31-,32-,33+,34+,39-,40-/m0/s1. The van der Waals surface area contributed by atoms with Crippen LogP contribution in [0.5, 0.6) is 0 Å². The van der Waals surface area contributed by atoms with E-state index in [9.17, 15) is 9.59 Å². The summed E-state index contributed by atoms with van der Waals surface area (Å²) in [6.45, 7) is 7.58. The second kappa shape index (κ2) is 12.5. The Kier molecular flexibility index (Phi) is 8.26. The maximum atomic E-state index is 15.1. The van der Waals surface area contributed by atoms with Gasteiger partial charge in [0.25, 0.3) is 0 Å². The molecule has 0 aromatic heterocycles. The van der Waals surface area contributed by atoms with Gasteiger partial charge in [-0.15, -0.1) is 0 Å². The average Bonchev–Trinajstić information content (AvgIpc) is 3.82. The van der Waals surface area contributed by atoms with Gasteiger partial charge in [0, 0.05) is 62.0 Å². The van der Waals surface area contributed by atoms with Crippen molar-refractivity contribution in [2.45, 2.75) is 164 Å². The van der Waals surface area contributed by atoms with E-state index in [2.05, 4.69) is 33.4 Å². The van der Waals surface area contributed by atoms with E-state index in [1.54, 1.807) is 12.2 Å². The van der Waals surface area contributed by atoms with E-state index in [-0.39, 0.29) is 71.8 Å². The minimum Gasteiger partial charge on any atom is -0.450 e. The lowest BCUT2D eigenvalue weighted by atomic mass is 9.73. The zero-order valence-electron chi connectivity index (χ0n) is 30.2. The number of nitrogens with zero attached hydrogens (tertiary/aromatic N) is 4. The first-order valence-corrected chi connectivity index (χ1v) is 20.3. The SMILES string of the molecule is CCCN(C(=O)[C@H]1CCCC[C@H]1C(=O)N(CCC)[C@H]1CC2=CC(=O)O[C@@]23C[C@@H]1N1CCCC[C@@H]13)[C@@H]1CC2=CC(=O)O[C@@]23C[C@@H]1N1CCCC[C@@H]13. The van der Waals surface area contributed by atoms with E-state index >= 15 is 9.59 Å². The van der Waals surface area contributed by atoms with Gasteiger partial charge >= 0.3 is 11.9 Å². The van der Waals surface area contributed by atoms with Crippen LogP contribution in [0.4, 0.5) is 0 Å². The topological polar surface area (TPSA) is 99.7 Å². The molecule has 4 saturated heterocycles. The fraction of sp³-hybridized carbons (Fsp3) is 0.800. The summed E-state index contributed by atoms with van der Waals surface area (Å²) in [5.41, 5.74) is 1.14. The summed E-state index contributed by atoms with van der Waals surface area (Å²) in [6.07, 6.45) is 18.1. The minimum absolute atomic E-state index is 0.0170. The van der Waals surface area contributed by atoms with E-state index in [0.717, 1.165) is 114 Å². The Morgan fingerprint density at radius 3 is 1.52 bits per heavy atom. The van der Waals surface area contributed by atoms with Crippen LogP contribution in [-0.2, 0) is 28.7 Å². The summed E-state index contributed by atoms with van der Waals surface area (Å²) in [7, 11) is 0. The highest BCUT2D eigenvalue weighted by Crippen LogP contribution is 2.57. The monoisotopic (exact) mass is 688 g/mol. The van der Waals surface area contributed by atoms with Crippen LogP contribution in [0.15, 0.2) is 23.3 Å². The number of hydrogen-bond donors (Lipinski definition) is 0. The van der Waals surface area contributed by atoms with E-state index in [1.807, 2.05) is 0 Å². The average molecular weight is 689 g/mol. The Morgan fingerprint density at radius 1 is 0.680 bits per heavy atom. The van der Waals surface area contributed by atoms with Crippen molar-refractivity contribution in [1.29, 1.82) is 0 Å². The summed E-state index contributed by atoms with van der Waals surface area (Å²) in [4.78, 5) is 65.2. The fourth-order valence-electron chi connectivity index (χ4n) is 12.9. The molecule has 6 heterocycles. The highest BCUT2D eigenvalue weighted by atomic mass is 16.6. The molecule has 0 aromatic carbocycles. The maximum Gasteiger partial charge on any atom is 0.331 e. The quantitative estimate of drug-likeness (QED) is 0.344. The van der Waals surface area contributed by atoms with Crippen molar-refractivity contribution in [3.8, 4) is 0 Å². The predicted octanol–water partition coefficient (Wildman–Crippen LogP) is 4.51. The van der Waals surface area contributed by atoms with Crippen LogP contribution < -0.4 is 0 Å². The van der Waals surface area contributed by atoms with Gasteiger partial charge in [0.15, 0.2) is 11.2 Å². The second-order valence-corrected chi connectivity index (χ2v) is 17.1.